The van der Waals surface area contributed by atoms with Gasteiger partial charge in [0.15, 0.2) is 0 Å². The van der Waals surface area contributed by atoms with E-state index in [9.17, 15) is 9.59 Å². The Bertz CT molecular complexity index is 470. The summed E-state index contributed by atoms with van der Waals surface area (Å²) in [5.74, 6) is -0.533. The van der Waals surface area contributed by atoms with E-state index >= 15 is 0 Å². The van der Waals surface area contributed by atoms with E-state index < -0.39 is 5.41 Å². The average molecular weight is 263 g/mol. The predicted octanol–water partition coefficient (Wildman–Crippen LogP) is 1.03. The number of rotatable bonds is 6. The molecule has 5 heteroatoms. The first-order valence-corrected chi connectivity index (χ1v) is 6.19. The molecule has 0 aliphatic heterocycles. The second-order valence-corrected chi connectivity index (χ2v) is 5.21. The van der Waals surface area contributed by atoms with Crippen LogP contribution < -0.4 is 16.4 Å². The van der Waals surface area contributed by atoms with Crippen molar-refractivity contribution < 1.29 is 9.59 Å². The van der Waals surface area contributed by atoms with Gasteiger partial charge in [0, 0.05) is 12.2 Å². The summed E-state index contributed by atoms with van der Waals surface area (Å²) in [7, 11) is 0. The molecule has 0 aromatic heterocycles. The Morgan fingerprint density at radius 3 is 2.47 bits per heavy atom. The number of amides is 2. The van der Waals surface area contributed by atoms with E-state index in [1.54, 1.807) is 13.8 Å². The Labute approximate surface area is 113 Å². The molecule has 0 aliphatic rings. The molecule has 19 heavy (non-hydrogen) atoms. The highest BCUT2D eigenvalue weighted by Crippen LogP contribution is 2.13. The number of aryl methyl sites for hydroxylation is 1. The van der Waals surface area contributed by atoms with E-state index in [0.29, 0.717) is 6.54 Å². The zero-order valence-electron chi connectivity index (χ0n) is 11.6. The van der Waals surface area contributed by atoms with Crippen LogP contribution >= 0.6 is 0 Å². The first-order valence-electron chi connectivity index (χ1n) is 6.19. The third-order valence-electron chi connectivity index (χ3n) is 2.94. The van der Waals surface area contributed by atoms with Gasteiger partial charge >= 0.3 is 0 Å². The standard InChI is InChI=1S/C14H21N3O2/c1-10-6-4-5-7-11(10)17-12(18)8-16-9-14(2,3)13(15)19/h4-7,16H,8-9H2,1-3H3,(H2,15,19)(H,17,18). The van der Waals surface area contributed by atoms with Crippen molar-refractivity contribution in [1.29, 1.82) is 0 Å². The average Bonchev–Trinajstić information content (AvgIpc) is 2.31. The van der Waals surface area contributed by atoms with Gasteiger partial charge in [-0.3, -0.25) is 9.59 Å². The molecule has 4 N–H and O–H groups in total. The fourth-order valence-electron chi connectivity index (χ4n) is 1.48. The van der Waals surface area contributed by atoms with E-state index in [1.165, 1.54) is 0 Å². The number of nitrogens with one attached hydrogen (secondary N) is 2. The number of hydrogen-bond acceptors (Lipinski definition) is 3. The molecule has 2 amide bonds. The third-order valence-corrected chi connectivity index (χ3v) is 2.94. The van der Waals surface area contributed by atoms with E-state index in [1.807, 2.05) is 31.2 Å². The Morgan fingerprint density at radius 2 is 1.89 bits per heavy atom. The molecular weight excluding hydrogens is 242 g/mol. The van der Waals surface area contributed by atoms with Crippen LogP contribution in [0.4, 0.5) is 5.69 Å². The second kappa shape index (κ2) is 6.33. The van der Waals surface area contributed by atoms with Crippen molar-refractivity contribution in [2.24, 2.45) is 11.1 Å². The van der Waals surface area contributed by atoms with Crippen LogP contribution in [-0.2, 0) is 9.59 Å². The molecule has 0 fully saturated rings. The topological polar surface area (TPSA) is 84.2 Å². The molecule has 0 spiro atoms. The molecule has 1 rings (SSSR count). The van der Waals surface area contributed by atoms with Crippen LogP contribution in [0, 0.1) is 12.3 Å². The molecule has 104 valence electrons. The second-order valence-electron chi connectivity index (χ2n) is 5.21. The summed E-state index contributed by atoms with van der Waals surface area (Å²) in [4.78, 5) is 22.8. The minimum atomic E-state index is -0.664. The lowest BCUT2D eigenvalue weighted by atomic mass is 9.93. The summed E-state index contributed by atoms with van der Waals surface area (Å²) in [5.41, 5.74) is 6.39. The van der Waals surface area contributed by atoms with E-state index in [4.69, 9.17) is 5.73 Å². The Kier molecular flexibility index (Phi) is 5.06. The van der Waals surface area contributed by atoms with E-state index in [0.717, 1.165) is 11.3 Å². The van der Waals surface area contributed by atoms with Gasteiger partial charge in [-0.25, -0.2) is 0 Å². The molecule has 0 atom stereocenters. The highest BCUT2D eigenvalue weighted by molar-refractivity contribution is 5.93. The maximum Gasteiger partial charge on any atom is 0.238 e. The Hall–Kier alpha value is -1.88. The van der Waals surface area contributed by atoms with Crippen LogP contribution in [0.5, 0.6) is 0 Å². The first-order chi connectivity index (χ1) is 8.83. The molecule has 0 bridgehead atoms. The molecule has 0 saturated heterocycles. The minimum absolute atomic E-state index is 0.144. The highest BCUT2D eigenvalue weighted by Gasteiger charge is 2.24. The maximum absolute atomic E-state index is 11.7. The lowest BCUT2D eigenvalue weighted by Gasteiger charge is -2.20. The van der Waals surface area contributed by atoms with Gasteiger partial charge in [0.2, 0.25) is 11.8 Å². The van der Waals surface area contributed by atoms with Crippen LogP contribution in [0.2, 0.25) is 0 Å². The predicted molar refractivity (Wildman–Crippen MR) is 75.7 cm³/mol. The van der Waals surface area contributed by atoms with Gasteiger partial charge < -0.3 is 16.4 Å². The van der Waals surface area contributed by atoms with Gasteiger partial charge in [-0.15, -0.1) is 0 Å². The number of primary amides is 1. The number of carbonyl (C=O) groups excluding carboxylic acids is 2. The van der Waals surface area contributed by atoms with Crippen molar-refractivity contribution in [3.63, 3.8) is 0 Å². The van der Waals surface area contributed by atoms with Crippen LogP contribution in [0.1, 0.15) is 19.4 Å². The van der Waals surface area contributed by atoms with Crippen molar-refractivity contribution in [1.82, 2.24) is 5.32 Å². The van der Waals surface area contributed by atoms with E-state index in [-0.39, 0.29) is 18.4 Å². The SMILES string of the molecule is Cc1ccccc1NC(=O)CNCC(C)(C)C(N)=O. The summed E-state index contributed by atoms with van der Waals surface area (Å²) in [6.07, 6.45) is 0. The fraction of sp³-hybridized carbons (Fsp3) is 0.429. The summed E-state index contributed by atoms with van der Waals surface area (Å²) < 4.78 is 0. The normalized spacial score (nSPS) is 11.1. The lowest BCUT2D eigenvalue weighted by Crippen LogP contribution is -2.42. The number of nitrogens with two attached hydrogens (primary N) is 1. The summed E-state index contributed by atoms with van der Waals surface area (Å²) in [6, 6.07) is 7.56. The van der Waals surface area contributed by atoms with Crippen LogP contribution in [0.25, 0.3) is 0 Å². The largest absolute Gasteiger partial charge is 0.369 e. The number of para-hydroxylation sites is 1. The van der Waals surface area contributed by atoms with Gasteiger partial charge in [0.05, 0.1) is 12.0 Å². The quantitative estimate of drug-likeness (QED) is 0.717. The monoisotopic (exact) mass is 263 g/mol. The minimum Gasteiger partial charge on any atom is -0.369 e. The number of carbonyl (C=O) groups is 2. The summed E-state index contributed by atoms with van der Waals surface area (Å²) in [5, 5.41) is 5.74. The van der Waals surface area contributed by atoms with Crippen LogP contribution in [0.3, 0.4) is 0 Å². The summed E-state index contributed by atoms with van der Waals surface area (Å²) >= 11 is 0. The molecule has 0 heterocycles. The molecule has 0 radical (unpaired) electrons. The van der Waals surface area contributed by atoms with Crippen molar-refractivity contribution in [2.45, 2.75) is 20.8 Å². The summed E-state index contributed by atoms with van der Waals surface area (Å²) in [6.45, 7) is 5.91. The highest BCUT2D eigenvalue weighted by atomic mass is 16.2. The number of hydrogen-bond donors (Lipinski definition) is 3. The van der Waals surface area contributed by atoms with Gasteiger partial charge in [-0.1, -0.05) is 18.2 Å². The molecule has 1 aromatic carbocycles. The van der Waals surface area contributed by atoms with Crippen LogP contribution in [0.15, 0.2) is 24.3 Å². The molecule has 5 nitrogen and oxygen atoms in total. The zero-order chi connectivity index (χ0) is 14.5. The van der Waals surface area contributed by atoms with Crippen molar-refractivity contribution in [3.05, 3.63) is 29.8 Å². The molecule has 0 aliphatic carbocycles. The van der Waals surface area contributed by atoms with Gasteiger partial charge in [0.1, 0.15) is 0 Å². The molecule has 0 saturated carbocycles. The molecule has 1 aromatic rings. The van der Waals surface area contributed by atoms with Gasteiger partial charge in [0.25, 0.3) is 0 Å². The van der Waals surface area contributed by atoms with Gasteiger partial charge in [-0.2, -0.15) is 0 Å². The molecular formula is C14H21N3O2. The maximum atomic E-state index is 11.7. The Morgan fingerprint density at radius 1 is 1.26 bits per heavy atom. The molecule has 0 unspecified atom stereocenters. The third kappa shape index (κ3) is 4.71. The fourth-order valence-corrected chi connectivity index (χ4v) is 1.48. The Balaban J connectivity index is 2.41. The van der Waals surface area contributed by atoms with Crippen molar-refractivity contribution in [3.8, 4) is 0 Å². The lowest BCUT2D eigenvalue weighted by molar-refractivity contribution is -0.126. The van der Waals surface area contributed by atoms with E-state index in [2.05, 4.69) is 10.6 Å². The van der Waals surface area contributed by atoms with Crippen molar-refractivity contribution in [2.75, 3.05) is 18.4 Å². The van der Waals surface area contributed by atoms with Crippen LogP contribution in [-0.4, -0.2) is 24.9 Å². The van der Waals surface area contributed by atoms with Crippen molar-refractivity contribution >= 4 is 17.5 Å². The zero-order valence-corrected chi connectivity index (χ0v) is 11.6. The first kappa shape index (κ1) is 15.2. The number of benzene rings is 1. The smallest absolute Gasteiger partial charge is 0.238 e. The number of anilines is 1. The van der Waals surface area contributed by atoms with Gasteiger partial charge in [-0.05, 0) is 32.4 Å².